The van der Waals surface area contributed by atoms with Crippen LogP contribution in [-0.2, 0) is 4.79 Å². The molecule has 0 aromatic carbocycles. The Balaban J connectivity index is 2.78. The van der Waals surface area contributed by atoms with Gasteiger partial charge in [-0.05, 0) is 28.4 Å². The summed E-state index contributed by atoms with van der Waals surface area (Å²) in [5.41, 5.74) is 0. The highest BCUT2D eigenvalue weighted by molar-refractivity contribution is 9.12. The number of hydrogen-bond donors (Lipinski definition) is 0. The van der Waals surface area contributed by atoms with Gasteiger partial charge in [-0.2, -0.15) is 0 Å². The molecule has 1 nitrogen and oxygen atoms in total. The van der Waals surface area contributed by atoms with Crippen molar-refractivity contribution in [3.63, 3.8) is 0 Å². The fraction of sp³-hybridized carbons (Fsp3) is 0.167. The summed E-state index contributed by atoms with van der Waals surface area (Å²) in [5, 5.41) is 0. The zero-order chi connectivity index (χ0) is 5.98. The highest BCUT2D eigenvalue weighted by atomic mass is 79.9. The maximum atomic E-state index is 10.6. The summed E-state index contributed by atoms with van der Waals surface area (Å²) in [7, 11) is 0. The van der Waals surface area contributed by atoms with Crippen molar-refractivity contribution in [1.82, 2.24) is 0 Å². The molecule has 1 aliphatic rings. The molecule has 0 fully saturated rings. The third-order valence-corrected chi connectivity index (χ3v) is 1.65. The first-order valence-corrected chi connectivity index (χ1v) is 3.16. The fourth-order valence-corrected chi connectivity index (χ4v) is 0.846. The summed E-state index contributed by atoms with van der Waals surface area (Å²) in [6.07, 6.45) is 6.13. The van der Waals surface area contributed by atoms with E-state index in [1.54, 1.807) is 6.08 Å². The molecule has 0 aromatic rings. The number of halogens is 1. The molecule has 1 rings (SSSR count). The Hall–Kier alpha value is -0.370. The largest absolute Gasteiger partial charge is 0.289 e. The lowest BCUT2D eigenvalue weighted by atomic mass is 10.2. The van der Waals surface area contributed by atoms with E-state index in [1.165, 1.54) is 0 Å². The summed E-state index contributed by atoms with van der Waals surface area (Å²) in [6, 6.07) is 0. The van der Waals surface area contributed by atoms with Crippen LogP contribution < -0.4 is 0 Å². The van der Waals surface area contributed by atoms with Crippen molar-refractivity contribution in [3.05, 3.63) is 22.7 Å². The zero-order valence-electron chi connectivity index (χ0n) is 4.23. The van der Waals surface area contributed by atoms with Gasteiger partial charge < -0.3 is 0 Å². The average molecular weight is 173 g/mol. The Labute approximate surface area is 56.2 Å². The van der Waals surface area contributed by atoms with Crippen molar-refractivity contribution in [2.45, 2.75) is 6.42 Å². The number of rotatable bonds is 0. The number of hydrogen-bond acceptors (Lipinski definition) is 1. The predicted octanol–water partition coefficient (Wildman–Crippen LogP) is 1.79. The van der Waals surface area contributed by atoms with Gasteiger partial charge in [0.1, 0.15) is 0 Å². The second kappa shape index (κ2) is 2.27. The molecule has 0 aromatic heterocycles. The SMILES string of the molecule is O=C1C=CCC=C1Br. The van der Waals surface area contributed by atoms with Crippen LogP contribution in [0.1, 0.15) is 6.42 Å². The Morgan fingerprint density at radius 2 is 2.38 bits per heavy atom. The van der Waals surface area contributed by atoms with Crippen LogP contribution in [0.15, 0.2) is 22.7 Å². The highest BCUT2D eigenvalue weighted by Gasteiger charge is 2.02. The van der Waals surface area contributed by atoms with Crippen molar-refractivity contribution in [2.24, 2.45) is 0 Å². The summed E-state index contributed by atoms with van der Waals surface area (Å²) in [6.45, 7) is 0. The Morgan fingerprint density at radius 1 is 1.62 bits per heavy atom. The molecule has 0 unspecified atom stereocenters. The van der Waals surface area contributed by atoms with E-state index in [9.17, 15) is 4.79 Å². The first kappa shape index (κ1) is 5.76. The van der Waals surface area contributed by atoms with Gasteiger partial charge in [0.05, 0.1) is 4.48 Å². The van der Waals surface area contributed by atoms with E-state index in [0.717, 1.165) is 6.42 Å². The highest BCUT2D eigenvalue weighted by Crippen LogP contribution is 2.12. The molecule has 0 saturated carbocycles. The van der Waals surface area contributed by atoms with Crippen molar-refractivity contribution < 1.29 is 4.79 Å². The van der Waals surface area contributed by atoms with Gasteiger partial charge in [0.2, 0.25) is 0 Å². The minimum Gasteiger partial charge on any atom is -0.289 e. The third kappa shape index (κ3) is 1.07. The van der Waals surface area contributed by atoms with E-state index >= 15 is 0 Å². The summed E-state index contributed by atoms with van der Waals surface area (Å²) in [5.74, 6) is 0.0660. The molecule has 0 aliphatic heterocycles. The van der Waals surface area contributed by atoms with Crippen LogP contribution in [0, 0.1) is 0 Å². The van der Waals surface area contributed by atoms with E-state index < -0.39 is 0 Å². The number of allylic oxidation sites excluding steroid dienone is 4. The maximum Gasteiger partial charge on any atom is 0.192 e. The first-order valence-electron chi connectivity index (χ1n) is 2.37. The molecular weight excluding hydrogens is 168 g/mol. The molecule has 0 atom stereocenters. The standard InChI is InChI=1S/C6H5BrO/c7-5-3-1-2-4-6(5)8/h2-4H,1H2. The number of ketones is 1. The van der Waals surface area contributed by atoms with Gasteiger partial charge in [0.15, 0.2) is 5.78 Å². The van der Waals surface area contributed by atoms with Gasteiger partial charge in [-0.15, -0.1) is 0 Å². The van der Waals surface area contributed by atoms with Crippen LogP contribution in [0.3, 0.4) is 0 Å². The molecule has 2 heteroatoms. The minimum absolute atomic E-state index is 0.0660. The molecule has 42 valence electrons. The molecule has 0 N–H and O–H groups in total. The van der Waals surface area contributed by atoms with E-state index in [0.29, 0.717) is 4.48 Å². The molecule has 0 spiro atoms. The zero-order valence-corrected chi connectivity index (χ0v) is 5.81. The van der Waals surface area contributed by atoms with Gasteiger partial charge in [-0.25, -0.2) is 0 Å². The number of carbonyl (C=O) groups excluding carboxylic acids is 1. The van der Waals surface area contributed by atoms with Gasteiger partial charge in [0, 0.05) is 0 Å². The Bertz CT molecular complexity index is 167. The maximum absolute atomic E-state index is 10.6. The van der Waals surface area contributed by atoms with Crippen molar-refractivity contribution >= 4 is 21.7 Å². The van der Waals surface area contributed by atoms with Crippen molar-refractivity contribution in [3.8, 4) is 0 Å². The Kier molecular flexibility index (Phi) is 1.63. The summed E-state index contributed by atoms with van der Waals surface area (Å²) in [4.78, 5) is 10.6. The lowest BCUT2D eigenvalue weighted by Crippen LogP contribution is -1.94. The van der Waals surface area contributed by atoms with Crippen LogP contribution in [0.25, 0.3) is 0 Å². The van der Waals surface area contributed by atoms with E-state index in [4.69, 9.17) is 0 Å². The van der Waals surface area contributed by atoms with Gasteiger partial charge in [-0.3, -0.25) is 4.79 Å². The predicted molar refractivity (Wildman–Crippen MR) is 35.8 cm³/mol. The van der Waals surface area contributed by atoms with E-state index in [1.807, 2.05) is 12.2 Å². The van der Waals surface area contributed by atoms with E-state index in [-0.39, 0.29) is 5.78 Å². The second-order valence-corrected chi connectivity index (χ2v) is 2.41. The monoisotopic (exact) mass is 172 g/mol. The molecule has 0 radical (unpaired) electrons. The van der Waals surface area contributed by atoms with Crippen molar-refractivity contribution in [2.75, 3.05) is 0 Å². The average Bonchev–Trinajstić information content (AvgIpc) is 1.77. The van der Waals surface area contributed by atoms with Crippen LogP contribution in [0.4, 0.5) is 0 Å². The molecule has 0 heterocycles. The molecule has 1 aliphatic carbocycles. The second-order valence-electron chi connectivity index (χ2n) is 1.55. The van der Waals surface area contributed by atoms with Crippen LogP contribution in [0.2, 0.25) is 0 Å². The normalized spacial score (nSPS) is 18.6. The molecule has 0 bridgehead atoms. The lowest BCUT2D eigenvalue weighted by Gasteiger charge is -1.95. The lowest BCUT2D eigenvalue weighted by molar-refractivity contribution is -0.110. The van der Waals surface area contributed by atoms with Crippen LogP contribution in [0.5, 0.6) is 0 Å². The molecule has 0 amide bonds. The summed E-state index contributed by atoms with van der Waals surface area (Å²) >= 11 is 3.11. The molecule has 0 saturated heterocycles. The van der Waals surface area contributed by atoms with Crippen LogP contribution >= 0.6 is 15.9 Å². The fourth-order valence-electron chi connectivity index (χ4n) is 0.527. The third-order valence-electron chi connectivity index (χ3n) is 0.938. The summed E-state index contributed by atoms with van der Waals surface area (Å²) < 4.78 is 0.681. The first-order chi connectivity index (χ1) is 3.80. The van der Waals surface area contributed by atoms with Gasteiger partial charge >= 0.3 is 0 Å². The molecular formula is C6H5BrO. The number of carbonyl (C=O) groups is 1. The van der Waals surface area contributed by atoms with E-state index in [2.05, 4.69) is 15.9 Å². The van der Waals surface area contributed by atoms with Crippen LogP contribution in [-0.4, -0.2) is 5.78 Å². The molecule has 8 heavy (non-hydrogen) atoms. The Morgan fingerprint density at radius 3 is 2.75 bits per heavy atom. The smallest absolute Gasteiger partial charge is 0.192 e. The topological polar surface area (TPSA) is 17.1 Å². The van der Waals surface area contributed by atoms with Gasteiger partial charge in [-0.1, -0.05) is 12.2 Å². The quantitative estimate of drug-likeness (QED) is 0.545. The van der Waals surface area contributed by atoms with Crippen molar-refractivity contribution in [1.29, 1.82) is 0 Å². The minimum atomic E-state index is 0.0660. The van der Waals surface area contributed by atoms with Gasteiger partial charge in [0.25, 0.3) is 0 Å².